The van der Waals surface area contributed by atoms with Gasteiger partial charge in [0.15, 0.2) is 5.65 Å². The second-order valence-corrected chi connectivity index (χ2v) is 6.29. The molecule has 112 valence electrons. The number of aromatic nitrogens is 3. The standard InChI is InChI=1S/C16H23N5/c1-2-14-16(19-6-1)21(13-5-9-18-11-13)15(20-14)10-12-3-7-17-8-4-12/h1-2,6,12-13,17-18H,3-5,7-11H2. The zero-order valence-electron chi connectivity index (χ0n) is 12.4. The fourth-order valence-electron chi connectivity index (χ4n) is 3.71. The van der Waals surface area contributed by atoms with Crippen molar-refractivity contribution in [3.8, 4) is 0 Å². The number of nitrogens with one attached hydrogen (secondary N) is 2. The van der Waals surface area contributed by atoms with Crippen LogP contribution in [-0.4, -0.2) is 40.7 Å². The second kappa shape index (κ2) is 5.73. The van der Waals surface area contributed by atoms with Gasteiger partial charge >= 0.3 is 0 Å². The summed E-state index contributed by atoms with van der Waals surface area (Å²) in [5, 5.41) is 6.92. The van der Waals surface area contributed by atoms with Gasteiger partial charge in [-0.15, -0.1) is 0 Å². The molecular formula is C16H23N5. The van der Waals surface area contributed by atoms with Crippen LogP contribution in [0.3, 0.4) is 0 Å². The molecule has 2 aliphatic rings. The van der Waals surface area contributed by atoms with Crippen molar-refractivity contribution in [1.82, 2.24) is 25.2 Å². The lowest BCUT2D eigenvalue weighted by atomic mass is 9.94. The van der Waals surface area contributed by atoms with Crippen LogP contribution in [0.1, 0.15) is 31.1 Å². The average molecular weight is 285 g/mol. The lowest BCUT2D eigenvalue weighted by Gasteiger charge is -2.23. The Morgan fingerprint density at radius 1 is 1.14 bits per heavy atom. The summed E-state index contributed by atoms with van der Waals surface area (Å²) in [6.07, 6.45) is 6.69. The summed E-state index contributed by atoms with van der Waals surface area (Å²) in [7, 11) is 0. The van der Waals surface area contributed by atoms with E-state index in [1.54, 1.807) is 0 Å². The van der Waals surface area contributed by atoms with E-state index >= 15 is 0 Å². The van der Waals surface area contributed by atoms with E-state index in [-0.39, 0.29) is 0 Å². The molecule has 5 heteroatoms. The maximum atomic E-state index is 4.90. The Labute approximate surface area is 125 Å². The van der Waals surface area contributed by atoms with Crippen molar-refractivity contribution >= 4 is 11.2 Å². The van der Waals surface area contributed by atoms with Crippen molar-refractivity contribution < 1.29 is 0 Å². The Hall–Kier alpha value is -1.46. The minimum atomic E-state index is 0.515. The van der Waals surface area contributed by atoms with E-state index in [2.05, 4.69) is 26.3 Å². The highest BCUT2D eigenvalue weighted by molar-refractivity contribution is 5.71. The normalized spacial score (nSPS) is 23.9. The first-order valence-electron chi connectivity index (χ1n) is 8.15. The molecule has 2 aromatic heterocycles. The van der Waals surface area contributed by atoms with E-state index in [0.717, 1.165) is 49.7 Å². The topological polar surface area (TPSA) is 54.8 Å². The molecule has 0 radical (unpaired) electrons. The molecule has 1 unspecified atom stereocenters. The number of imidazole rings is 1. The van der Waals surface area contributed by atoms with Crippen molar-refractivity contribution in [2.24, 2.45) is 5.92 Å². The lowest BCUT2D eigenvalue weighted by Crippen LogP contribution is -2.29. The Morgan fingerprint density at radius 3 is 2.81 bits per heavy atom. The van der Waals surface area contributed by atoms with Gasteiger partial charge in [-0.25, -0.2) is 9.97 Å². The highest BCUT2D eigenvalue weighted by Gasteiger charge is 2.25. The van der Waals surface area contributed by atoms with E-state index in [1.807, 2.05) is 12.3 Å². The van der Waals surface area contributed by atoms with E-state index in [4.69, 9.17) is 4.98 Å². The first kappa shape index (κ1) is 13.2. The molecule has 0 saturated carbocycles. The van der Waals surface area contributed by atoms with Crippen LogP contribution >= 0.6 is 0 Å². The van der Waals surface area contributed by atoms with Crippen LogP contribution in [0.15, 0.2) is 18.3 Å². The van der Waals surface area contributed by atoms with Crippen molar-refractivity contribution in [1.29, 1.82) is 0 Å². The van der Waals surface area contributed by atoms with Gasteiger partial charge in [-0.2, -0.15) is 0 Å². The molecular weight excluding hydrogens is 262 g/mol. The summed E-state index contributed by atoms with van der Waals surface area (Å²) in [4.78, 5) is 9.50. The van der Waals surface area contributed by atoms with Gasteiger partial charge in [-0.05, 0) is 56.9 Å². The zero-order valence-corrected chi connectivity index (χ0v) is 12.4. The number of piperidine rings is 1. The van der Waals surface area contributed by atoms with E-state index < -0.39 is 0 Å². The molecule has 0 spiro atoms. The highest BCUT2D eigenvalue weighted by atomic mass is 15.2. The van der Waals surface area contributed by atoms with Crippen LogP contribution in [0.5, 0.6) is 0 Å². The third-order valence-corrected chi connectivity index (χ3v) is 4.85. The van der Waals surface area contributed by atoms with Crippen molar-refractivity contribution in [3.05, 3.63) is 24.2 Å². The van der Waals surface area contributed by atoms with Crippen LogP contribution in [-0.2, 0) is 6.42 Å². The van der Waals surface area contributed by atoms with Crippen molar-refractivity contribution in [2.45, 2.75) is 31.7 Å². The summed E-state index contributed by atoms with van der Waals surface area (Å²) in [5.41, 5.74) is 2.11. The van der Waals surface area contributed by atoms with Crippen molar-refractivity contribution in [3.63, 3.8) is 0 Å². The van der Waals surface area contributed by atoms with E-state index in [1.165, 1.54) is 25.1 Å². The summed E-state index contributed by atoms with van der Waals surface area (Å²) in [5.74, 6) is 2.00. The molecule has 5 nitrogen and oxygen atoms in total. The second-order valence-electron chi connectivity index (χ2n) is 6.29. The third-order valence-electron chi connectivity index (χ3n) is 4.85. The van der Waals surface area contributed by atoms with Crippen LogP contribution in [0.25, 0.3) is 11.2 Å². The molecule has 4 heterocycles. The molecule has 0 amide bonds. The van der Waals surface area contributed by atoms with Gasteiger partial charge < -0.3 is 15.2 Å². The van der Waals surface area contributed by atoms with Gasteiger partial charge in [0.1, 0.15) is 11.3 Å². The SMILES string of the molecule is c1cnc2c(c1)nc(CC1CCNCC1)n2C1CCNC1. The van der Waals surface area contributed by atoms with Gasteiger partial charge in [0.25, 0.3) is 0 Å². The molecule has 2 fully saturated rings. The maximum Gasteiger partial charge on any atom is 0.160 e. The Morgan fingerprint density at radius 2 is 2.00 bits per heavy atom. The Bertz CT molecular complexity index is 608. The number of pyridine rings is 1. The lowest BCUT2D eigenvalue weighted by molar-refractivity contribution is 0.359. The van der Waals surface area contributed by atoms with E-state index in [9.17, 15) is 0 Å². The molecule has 0 aliphatic carbocycles. The molecule has 2 N–H and O–H groups in total. The quantitative estimate of drug-likeness (QED) is 0.897. The summed E-state index contributed by atoms with van der Waals surface area (Å²) < 4.78 is 2.41. The molecule has 2 aliphatic heterocycles. The van der Waals surface area contributed by atoms with Crippen LogP contribution < -0.4 is 10.6 Å². The van der Waals surface area contributed by atoms with Gasteiger partial charge in [-0.3, -0.25) is 0 Å². The minimum absolute atomic E-state index is 0.515. The fraction of sp³-hybridized carbons (Fsp3) is 0.625. The van der Waals surface area contributed by atoms with E-state index in [0.29, 0.717) is 6.04 Å². The van der Waals surface area contributed by atoms with Gasteiger partial charge in [0.05, 0.1) is 6.04 Å². The van der Waals surface area contributed by atoms with Gasteiger partial charge in [0, 0.05) is 19.2 Å². The minimum Gasteiger partial charge on any atom is -0.317 e. The first-order chi connectivity index (χ1) is 10.4. The zero-order chi connectivity index (χ0) is 14.1. The molecule has 21 heavy (non-hydrogen) atoms. The van der Waals surface area contributed by atoms with Crippen LogP contribution in [0.4, 0.5) is 0 Å². The van der Waals surface area contributed by atoms with Gasteiger partial charge in [0.2, 0.25) is 0 Å². The summed E-state index contributed by atoms with van der Waals surface area (Å²) in [6, 6.07) is 4.59. The third kappa shape index (κ3) is 2.56. The number of hydrogen-bond acceptors (Lipinski definition) is 4. The molecule has 2 saturated heterocycles. The summed E-state index contributed by atoms with van der Waals surface area (Å²) in [6.45, 7) is 4.44. The number of nitrogens with zero attached hydrogens (tertiary/aromatic N) is 3. The molecule has 2 aromatic rings. The predicted octanol–water partition coefficient (Wildman–Crippen LogP) is 1.51. The molecule has 0 bridgehead atoms. The average Bonchev–Trinajstić information content (AvgIpc) is 3.14. The maximum absolute atomic E-state index is 4.90. The number of hydrogen-bond donors (Lipinski definition) is 2. The fourth-order valence-corrected chi connectivity index (χ4v) is 3.71. The number of rotatable bonds is 3. The molecule has 4 rings (SSSR count). The van der Waals surface area contributed by atoms with Crippen molar-refractivity contribution in [2.75, 3.05) is 26.2 Å². The monoisotopic (exact) mass is 285 g/mol. The smallest absolute Gasteiger partial charge is 0.160 e. The van der Waals surface area contributed by atoms with Gasteiger partial charge in [-0.1, -0.05) is 0 Å². The Kier molecular flexibility index (Phi) is 3.61. The summed E-state index contributed by atoms with van der Waals surface area (Å²) >= 11 is 0. The molecule has 0 aromatic carbocycles. The van der Waals surface area contributed by atoms with Crippen LogP contribution in [0.2, 0.25) is 0 Å². The number of fused-ring (bicyclic) bond motifs is 1. The predicted molar refractivity (Wildman–Crippen MR) is 83.3 cm³/mol. The highest BCUT2D eigenvalue weighted by Crippen LogP contribution is 2.26. The first-order valence-corrected chi connectivity index (χ1v) is 8.15. The van der Waals surface area contributed by atoms with Crippen LogP contribution in [0, 0.1) is 5.92 Å². The largest absolute Gasteiger partial charge is 0.317 e. The Balaban J connectivity index is 1.70. The molecule has 1 atom stereocenters.